The molecule has 0 N–H and O–H groups in total. The van der Waals surface area contributed by atoms with Crippen molar-refractivity contribution in [1.29, 1.82) is 0 Å². The van der Waals surface area contributed by atoms with Crippen LogP contribution >= 0.6 is 0 Å². The van der Waals surface area contributed by atoms with Crippen LogP contribution in [0.3, 0.4) is 0 Å². The van der Waals surface area contributed by atoms with Gasteiger partial charge < -0.3 is 0 Å². The van der Waals surface area contributed by atoms with Crippen molar-refractivity contribution in [3.05, 3.63) is 24.0 Å². The van der Waals surface area contributed by atoms with Crippen LogP contribution in [0.1, 0.15) is 5.56 Å². The van der Waals surface area contributed by atoms with Crippen molar-refractivity contribution < 1.29 is 18.0 Å². The summed E-state index contributed by atoms with van der Waals surface area (Å²) in [5, 5.41) is 0. The van der Waals surface area contributed by atoms with Gasteiger partial charge in [0.15, 0.2) is 0 Å². The number of nitrogens with zero attached hydrogens (tertiary/aromatic N) is 2. The highest BCUT2D eigenvalue weighted by Crippen LogP contribution is 2.34. The highest BCUT2D eigenvalue weighted by molar-refractivity contribution is 5.53. The lowest BCUT2D eigenvalue weighted by Crippen LogP contribution is -2.05. The Balaban J connectivity index is 3.27. The molecule has 0 aliphatic rings. The van der Waals surface area contributed by atoms with Gasteiger partial charge in [0.2, 0.25) is 6.08 Å². The average Bonchev–Trinajstić information content (AvgIpc) is 2.04. The minimum absolute atomic E-state index is 0.475. The molecule has 1 rings (SSSR count). The molecule has 0 atom stereocenters. The maximum absolute atomic E-state index is 12.1. The Kier molecular flexibility index (Phi) is 2.44. The predicted octanol–water partition coefficient (Wildman–Crippen LogP) is 2.07. The van der Waals surface area contributed by atoms with Crippen molar-refractivity contribution in [2.24, 2.45) is 4.99 Å². The normalized spacial score (nSPS) is 10.7. The van der Waals surface area contributed by atoms with E-state index in [0.29, 0.717) is 6.20 Å². The van der Waals surface area contributed by atoms with Crippen LogP contribution in [0.5, 0.6) is 0 Å². The summed E-state index contributed by atoms with van der Waals surface area (Å²) in [5.41, 5.74) is -1.52. The molecule has 3 nitrogen and oxygen atoms in total. The fourth-order valence-corrected chi connectivity index (χ4v) is 0.752. The van der Waals surface area contributed by atoms with Crippen molar-refractivity contribution >= 4 is 11.8 Å². The predicted molar refractivity (Wildman–Crippen MR) is 37.0 cm³/mol. The van der Waals surface area contributed by atoms with E-state index in [9.17, 15) is 18.0 Å². The number of hydrogen-bond donors (Lipinski definition) is 0. The third kappa shape index (κ3) is 2.13. The van der Waals surface area contributed by atoms with Crippen LogP contribution < -0.4 is 0 Å². The van der Waals surface area contributed by atoms with Gasteiger partial charge in [-0.25, -0.2) is 4.79 Å². The summed E-state index contributed by atoms with van der Waals surface area (Å²) in [6.07, 6.45) is -1.78. The van der Waals surface area contributed by atoms with E-state index < -0.39 is 17.4 Å². The smallest absolute Gasteiger partial charge is 0.264 e. The summed E-state index contributed by atoms with van der Waals surface area (Å²) in [4.78, 5) is 16.0. The summed E-state index contributed by atoms with van der Waals surface area (Å²) >= 11 is 0. The summed E-state index contributed by atoms with van der Waals surface area (Å²) in [6, 6.07) is 0.994. The number of pyridine rings is 1. The van der Waals surface area contributed by atoms with Gasteiger partial charge >= 0.3 is 6.18 Å². The molecule has 1 aromatic rings. The molecule has 0 aromatic carbocycles. The second-order valence-corrected chi connectivity index (χ2v) is 2.09. The second kappa shape index (κ2) is 3.37. The molecule has 0 fully saturated rings. The van der Waals surface area contributed by atoms with E-state index in [1.165, 1.54) is 0 Å². The van der Waals surface area contributed by atoms with E-state index in [1.807, 2.05) is 0 Å². The van der Waals surface area contributed by atoms with Gasteiger partial charge in [-0.1, -0.05) is 0 Å². The largest absolute Gasteiger partial charge is 0.420 e. The summed E-state index contributed by atoms with van der Waals surface area (Å²) in [7, 11) is 0. The lowest BCUT2D eigenvalue weighted by atomic mass is 10.2. The second-order valence-electron chi connectivity index (χ2n) is 2.09. The number of carbonyl (C=O) groups excluding carboxylic acids is 1. The standard InChI is InChI=1S/C7H3F3N2O/c8-7(9,10)5-3-11-2-1-6(5)12-4-13/h1-3H. The molecule has 0 aliphatic carbocycles. The van der Waals surface area contributed by atoms with Gasteiger partial charge in [-0.15, -0.1) is 0 Å². The van der Waals surface area contributed by atoms with Crippen LogP contribution in [-0.2, 0) is 11.0 Å². The minimum Gasteiger partial charge on any atom is -0.264 e. The Morgan fingerprint density at radius 3 is 2.69 bits per heavy atom. The van der Waals surface area contributed by atoms with Crippen LogP contribution in [0.15, 0.2) is 23.5 Å². The molecule has 13 heavy (non-hydrogen) atoms. The zero-order chi connectivity index (χ0) is 9.90. The Morgan fingerprint density at radius 2 is 2.15 bits per heavy atom. The molecule has 0 saturated carbocycles. The molecule has 0 amide bonds. The molecule has 1 heterocycles. The van der Waals surface area contributed by atoms with E-state index in [-0.39, 0.29) is 0 Å². The number of aromatic nitrogens is 1. The van der Waals surface area contributed by atoms with Gasteiger partial charge in [0.05, 0.1) is 5.69 Å². The highest BCUT2D eigenvalue weighted by Gasteiger charge is 2.33. The lowest BCUT2D eigenvalue weighted by molar-refractivity contribution is -0.137. The number of alkyl halides is 3. The average molecular weight is 188 g/mol. The zero-order valence-electron chi connectivity index (χ0n) is 6.17. The molecule has 0 bridgehead atoms. The Bertz CT molecular complexity index is 355. The molecule has 0 spiro atoms. The molecular formula is C7H3F3N2O. The number of halogens is 3. The zero-order valence-corrected chi connectivity index (χ0v) is 6.17. The first kappa shape index (κ1) is 9.41. The van der Waals surface area contributed by atoms with Gasteiger partial charge in [0.1, 0.15) is 5.56 Å². The van der Waals surface area contributed by atoms with Gasteiger partial charge in [0.25, 0.3) is 0 Å². The van der Waals surface area contributed by atoms with E-state index in [0.717, 1.165) is 18.3 Å². The molecule has 0 saturated heterocycles. The molecule has 0 radical (unpaired) electrons. The van der Waals surface area contributed by atoms with Crippen molar-refractivity contribution in [2.45, 2.75) is 6.18 Å². The Morgan fingerprint density at radius 1 is 1.46 bits per heavy atom. The first-order valence-corrected chi connectivity index (χ1v) is 3.15. The van der Waals surface area contributed by atoms with Gasteiger partial charge in [0, 0.05) is 12.4 Å². The molecule has 1 aromatic heterocycles. The van der Waals surface area contributed by atoms with Crippen LogP contribution in [0, 0.1) is 0 Å². The highest BCUT2D eigenvalue weighted by atomic mass is 19.4. The van der Waals surface area contributed by atoms with Crippen LogP contribution in [-0.4, -0.2) is 11.1 Å². The maximum atomic E-state index is 12.1. The molecule has 0 aliphatic heterocycles. The number of rotatable bonds is 1. The third-order valence-corrected chi connectivity index (χ3v) is 1.27. The number of aliphatic imine (C=N–C) groups is 1. The summed E-state index contributed by atoms with van der Waals surface area (Å²) in [6.45, 7) is 0. The van der Waals surface area contributed by atoms with Crippen molar-refractivity contribution in [3.8, 4) is 0 Å². The Hall–Kier alpha value is -1.68. The quantitative estimate of drug-likeness (QED) is 0.500. The lowest BCUT2D eigenvalue weighted by Gasteiger charge is -2.06. The van der Waals surface area contributed by atoms with E-state index in [2.05, 4.69) is 9.98 Å². The summed E-state index contributed by atoms with van der Waals surface area (Å²) in [5.74, 6) is 0. The summed E-state index contributed by atoms with van der Waals surface area (Å²) < 4.78 is 36.4. The van der Waals surface area contributed by atoms with Crippen LogP contribution in [0.25, 0.3) is 0 Å². The van der Waals surface area contributed by atoms with Gasteiger partial charge in [-0.2, -0.15) is 18.2 Å². The first-order valence-electron chi connectivity index (χ1n) is 3.15. The fourth-order valence-electron chi connectivity index (χ4n) is 0.752. The van der Waals surface area contributed by atoms with Crippen LogP contribution in [0.4, 0.5) is 18.9 Å². The first-order chi connectivity index (χ1) is 6.05. The number of isocyanates is 1. The van der Waals surface area contributed by atoms with Crippen molar-refractivity contribution in [3.63, 3.8) is 0 Å². The van der Waals surface area contributed by atoms with E-state index in [1.54, 1.807) is 0 Å². The van der Waals surface area contributed by atoms with Crippen molar-refractivity contribution in [2.75, 3.05) is 0 Å². The topological polar surface area (TPSA) is 42.3 Å². The molecule has 68 valence electrons. The molecular weight excluding hydrogens is 185 g/mol. The minimum atomic E-state index is -4.55. The van der Waals surface area contributed by atoms with E-state index >= 15 is 0 Å². The fraction of sp³-hybridized carbons (Fsp3) is 0.143. The monoisotopic (exact) mass is 188 g/mol. The maximum Gasteiger partial charge on any atom is 0.420 e. The van der Waals surface area contributed by atoms with Crippen LogP contribution in [0.2, 0.25) is 0 Å². The SMILES string of the molecule is O=C=Nc1ccncc1C(F)(F)F. The van der Waals surface area contributed by atoms with Crippen molar-refractivity contribution in [1.82, 2.24) is 4.98 Å². The van der Waals surface area contributed by atoms with Gasteiger partial charge in [-0.3, -0.25) is 4.98 Å². The van der Waals surface area contributed by atoms with Gasteiger partial charge in [-0.05, 0) is 6.07 Å². The third-order valence-electron chi connectivity index (χ3n) is 1.27. The molecule has 0 unspecified atom stereocenters. The Labute approximate surface area is 70.9 Å². The van der Waals surface area contributed by atoms with E-state index in [4.69, 9.17) is 0 Å². The number of hydrogen-bond acceptors (Lipinski definition) is 3. The molecule has 6 heteroatoms.